The Bertz CT molecular complexity index is 1030. The van der Waals surface area contributed by atoms with Crippen molar-refractivity contribution >= 4 is 33.3 Å². The van der Waals surface area contributed by atoms with E-state index in [0.29, 0.717) is 10.5 Å². The molecule has 4 rings (SSSR count). The predicted molar refractivity (Wildman–Crippen MR) is 104 cm³/mol. The maximum Gasteiger partial charge on any atom is 0.319 e. The molecule has 3 aromatic rings. The van der Waals surface area contributed by atoms with E-state index in [4.69, 9.17) is 4.98 Å². The average molecular weight is 411 g/mol. The van der Waals surface area contributed by atoms with Crippen molar-refractivity contribution in [2.24, 2.45) is 0 Å². The number of aryl methyl sites for hydroxylation is 2. The molecule has 0 radical (unpaired) electrons. The first-order valence-electron chi connectivity index (χ1n) is 8.92. The number of halogens is 2. The van der Waals surface area contributed by atoms with Crippen LogP contribution in [0.3, 0.4) is 0 Å². The number of imidazole rings is 1. The fraction of sp³-hybridized carbons (Fsp3) is 0.500. The summed E-state index contributed by atoms with van der Waals surface area (Å²) in [4.78, 5) is 23.9. The predicted octanol–water partition coefficient (Wildman–Crippen LogP) is 5.07. The lowest BCUT2D eigenvalue weighted by atomic mass is 10.2. The summed E-state index contributed by atoms with van der Waals surface area (Å²) in [5.41, 5.74) is 0.984. The Morgan fingerprint density at radius 2 is 2.07 bits per heavy atom. The van der Waals surface area contributed by atoms with E-state index in [1.165, 1.54) is 35.5 Å². The number of thioether (sulfide) groups is 1. The lowest BCUT2D eigenvalue weighted by Gasteiger charge is -2.18. The molecule has 9 heteroatoms. The lowest BCUT2D eigenvalue weighted by Crippen LogP contribution is -2.26. The first-order chi connectivity index (χ1) is 13.0. The average Bonchev–Trinajstić information content (AvgIpc) is 3.35. The quantitative estimate of drug-likeness (QED) is 0.435. The van der Waals surface area contributed by atoms with Crippen molar-refractivity contribution in [1.29, 1.82) is 0 Å². The molecule has 0 N–H and O–H groups in total. The molecular formula is C18H20F2N4OS2. The van der Waals surface area contributed by atoms with E-state index in [1.807, 2.05) is 13.8 Å². The second-order valence-corrected chi connectivity index (χ2v) is 8.93. The van der Waals surface area contributed by atoms with Crippen molar-refractivity contribution in [3.63, 3.8) is 0 Å². The molecule has 1 fully saturated rings. The molecule has 0 aromatic carbocycles. The van der Waals surface area contributed by atoms with E-state index < -0.39 is 6.55 Å². The molecule has 0 bridgehead atoms. The van der Waals surface area contributed by atoms with Crippen molar-refractivity contribution in [2.45, 2.75) is 63.0 Å². The van der Waals surface area contributed by atoms with Gasteiger partial charge in [0.25, 0.3) is 5.56 Å². The highest BCUT2D eigenvalue weighted by Crippen LogP contribution is 2.35. The molecule has 0 saturated heterocycles. The summed E-state index contributed by atoms with van der Waals surface area (Å²) in [5.74, 6) is 0.520. The van der Waals surface area contributed by atoms with Crippen molar-refractivity contribution in [3.8, 4) is 0 Å². The van der Waals surface area contributed by atoms with E-state index in [-0.39, 0.29) is 23.2 Å². The molecule has 27 heavy (non-hydrogen) atoms. The zero-order valence-electron chi connectivity index (χ0n) is 15.1. The van der Waals surface area contributed by atoms with Gasteiger partial charge in [0.2, 0.25) is 0 Å². The molecule has 0 spiro atoms. The number of fused-ring (bicyclic) bond motifs is 1. The first kappa shape index (κ1) is 18.6. The summed E-state index contributed by atoms with van der Waals surface area (Å²) in [6.45, 7) is 1.33. The number of hydrogen-bond acceptors (Lipinski definition) is 5. The zero-order chi connectivity index (χ0) is 19.1. The van der Waals surface area contributed by atoms with E-state index in [1.54, 1.807) is 4.57 Å². The molecule has 0 amide bonds. The minimum Gasteiger partial charge on any atom is -0.284 e. The van der Waals surface area contributed by atoms with E-state index in [2.05, 4.69) is 4.98 Å². The molecule has 1 aliphatic carbocycles. The Balaban J connectivity index is 1.77. The maximum atomic E-state index is 13.3. The van der Waals surface area contributed by atoms with Gasteiger partial charge in [0.1, 0.15) is 10.7 Å². The van der Waals surface area contributed by atoms with Crippen molar-refractivity contribution in [1.82, 2.24) is 19.1 Å². The maximum absolute atomic E-state index is 13.3. The van der Waals surface area contributed by atoms with Gasteiger partial charge in [0.05, 0.1) is 11.1 Å². The summed E-state index contributed by atoms with van der Waals surface area (Å²) in [6, 6.07) is 0.131. The van der Waals surface area contributed by atoms with Crippen LogP contribution in [0.2, 0.25) is 0 Å². The van der Waals surface area contributed by atoms with Gasteiger partial charge in [0, 0.05) is 23.3 Å². The molecule has 0 unspecified atom stereocenters. The van der Waals surface area contributed by atoms with Crippen LogP contribution in [0.15, 0.2) is 22.3 Å². The topological polar surface area (TPSA) is 52.7 Å². The number of alkyl halides is 2. The number of nitrogens with zero attached hydrogens (tertiary/aromatic N) is 4. The highest BCUT2D eigenvalue weighted by atomic mass is 32.2. The van der Waals surface area contributed by atoms with Crippen LogP contribution in [0.25, 0.3) is 10.2 Å². The highest BCUT2D eigenvalue weighted by molar-refractivity contribution is 7.98. The monoisotopic (exact) mass is 410 g/mol. The van der Waals surface area contributed by atoms with E-state index in [9.17, 15) is 13.6 Å². The summed E-state index contributed by atoms with van der Waals surface area (Å²) in [6.07, 6.45) is 6.73. The molecule has 1 aliphatic rings. The van der Waals surface area contributed by atoms with Gasteiger partial charge in [-0.1, -0.05) is 24.6 Å². The van der Waals surface area contributed by atoms with Crippen molar-refractivity contribution in [3.05, 3.63) is 39.0 Å². The summed E-state index contributed by atoms with van der Waals surface area (Å²) in [5, 5.41) is 1.30. The van der Waals surface area contributed by atoms with Crippen LogP contribution in [0.5, 0.6) is 0 Å². The van der Waals surface area contributed by atoms with Gasteiger partial charge in [0.15, 0.2) is 5.16 Å². The van der Waals surface area contributed by atoms with Crippen LogP contribution < -0.4 is 5.56 Å². The van der Waals surface area contributed by atoms with Crippen LogP contribution in [-0.2, 0) is 5.75 Å². The minimum atomic E-state index is -2.63. The van der Waals surface area contributed by atoms with E-state index >= 15 is 0 Å². The third kappa shape index (κ3) is 3.31. The minimum absolute atomic E-state index is 0.00606. The SMILES string of the molecule is Cc1sc2nc(SCc3nccn3C(F)F)n(C3CCCC3)c(=O)c2c1C. The van der Waals surface area contributed by atoms with Gasteiger partial charge in [-0.25, -0.2) is 9.97 Å². The van der Waals surface area contributed by atoms with Gasteiger partial charge in [-0.05, 0) is 32.3 Å². The molecule has 0 aliphatic heterocycles. The molecule has 144 valence electrons. The Hall–Kier alpha value is -1.74. The molecule has 0 atom stereocenters. The third-order valence-electron chi connectivity index (χ3n) is 5.18. The van der Waals surface area contributed by atoms with Gasteiger partial charge in [-0.3, -0.25) is 13.9 Å². The Kier molecular flexibility index (Phi) is 5.07. The highest BCUT2D eigenvalue weighted by Gasteiger charge is 2.25. The van der Waals surface area contributed by atoms with Crippen LogP contribution in [-0.4, -0.2) is 19.1 Å². The Morgan fingerprint density at radius 3 is 2.78 bits per heavy atom. The summed E-state index contributed by atoms with van der Waals surface area (Å²) in [7, 11) is 0. The Morgan fingerprint density at radius 1 is 1.33 bits per heavy atom. The number of aromatic nitrogens is 4. The second-order valence-electron chi connectivity index (χ2n) is 6.79. The standard InChI is InChI=1S/C18H20F2N4OS2/c1-10-11(2)27-15-14(10)16(25)24(12-5-3-4-6-12)18(22-15)26-9-13-21-7-8-23(13)17(19)20/h7-8,12,17H,3-6,9H2,1-2H3. The molecule has 1 saturated carbocycles. The number of hydrogen-bond donors (Lipinski definition) is 0. The molecule has 3 heterocycles. The first-order valence-corrected chi connectivity index (χ1v) is 10.7. The zero-order valence-corrected chi connectivity index (χ0v) is 16.7. The number of thiophene rings is 1. The summed E-state index contributed by atoms with van der Waals surface area (Å²) >= 11 is 2.82. The molecule has 5 nitrogen and oxygen atoms in total. The van der Waals surface area contributed by atoms with Gasteiger partial charge >= 0.3 is 6.55 Å². The van der Waals surface area contributed by atoms with Gasteiger partial charge in [-0.15, -0.1) is 11.3 Å². The fourth-order valence-electron chi connectivity index (χ4n) is 3.64. The lowest BCUT2D eigenvalue weighted by molar-refractivity contribution is 0.0678. The fourth-order valence-corrected chi connectivity index (χ4v) is 5.72. The molecular weight excluding hydrogens is 390 g/mol. The second kappa shape index (κ2) is 7.35. The number of rotatable bonds is 5. The molecule has 3 aromatic heterocycles. The van der Waals surface area contributed by atoms with Gasteiger partial charge < -0.3 is 0 Å². The summed E-state index contributed by atoms with van der Waals surface area (Å²) < 4.78 is 28.8. The largest absolute Gasteiger partial charge is 0.319 e. The normalized spacial score (nSPS) is 15.4. The third-order valence-corrected chi connectivity index (χ3v) is 7.23. The van der Waals surface area contributed by atoms with Crippen LogP contribution in [0.1, 0.15) is 54.5 Å². The van der Waals surface area contributed by atoms with Gasteiger partial charge in [-0.2, -0.15) is 8.78 Å². The van der Waals surface area contributed by atoms with E-state index in [0.717, 1.165) is 45.5 Å². The van der Waals surface area contributed by atoms with Crippen LogP contribution in [0, 0.1) is 13.8 Å². The van der Waals surface area contributed by atoms with Crippen molar-refractivity contribution < 1.29 is 8.78 Å². The Labute approximate surface area is 163 Å². The van der Waals surface area contributed by atoms with Crippen LogP contribution >= 0.6 is 23.1 Å². The van der Waals surface area contributed by atoms with Crippen LogP contribution in [0.4, 0.5) is 8.78 Å². The van der Waals surface area contributed by atoms with Crippen molar-refractivity contribution in [2.75, 3.05) is 0 Å². The smallest absolute Gasteiger partial charge is 0.284 e.